The second kappa shape index (κ2) is 28.5. The number of aromatic amines is 3. The maximum atomic E-state index is 10.4. The maximum Gasteiger partial charge on any atom is 0.137 e. The molecule has 14 nitrogen and oxygen atoms in total. The van der Waals surface area contributed by atoms with E-state index in [-0.39, 0.29) is 17.6 Å². The Morgan fingerprint density at radius 1 is 0.455 bits per heavy atom. The third-order valence-corrected chi connectivity index (χ3v) is 19.6. The van der Waals surface area contributed by atoms with Gasteiger partial charge in [-0.2, -0.15) is 21.0 Å². The van der Waals surface area contributed by atoms with Gasteiger partial charge in [-0.1, -0.05) is 115 Å². The van der Waals surface area contributed by atoms with Crippen LogP contribution in [0, 0.1) is 52.2 Å². The van der Waals surface area contributed by atoms with Crippen molar-refractivity contribution in [1.82, 2.24) is 15.0 Å². The number of fused-ring (bicyclic) bond motifs is 3. The van der Waals surface area contributed by atoms with Gasteiger partial charge in [-0.25, -0.2) is 0 Å². The van der Waals surface area contributed by atoms with E-state index in [9.17, 15) is 26.2 Å². The molecule has 0 spiro atoms. The molecule has 99 heavy (non-hydrogen) atoms. The van der Waals surface area contributed by atoms with Gasteiger partial charge in [0.2, 0.25) is 0 Å². The number of nitrogens with zero attached hydrogens (tertiary/aromatic N) is 5. The number of anilines is 1. The second-order valence-electron chi connectivity index (χ2n) is 26.6. The third-order valence-electron chi connectivity index (χ3n) is 19.6. The lowest BCUT2D eigenvalue weighted by molar-refractivity contribution is 0.0252. The lowest BCUT2D eigenvalue weighted by Crippen LogP contribution is -2.36. The van der Waals surface area contributed by atoms with Crippen molar-refractivity contribution in [2.45, 2.75) is 82.5 Å². The molecule has 0 bridgehead atoms. The Kier molecular flexibility index (Phi) is 18.7. The molecule has 492 valence electrons. The van der Waals surface area contributed by atoms with Crippen molar-refractivity contribution in [3.05, 3.63) is 234 Å². The number of aromatic nitrogens is 3. The Hall–Kier alpha value is -11.2. The first-order chi connectivity index (χ1) is 48.3. The number of nitrogens with one attached hydrogen (secondary N) is 3. The summed E-state index contributed by atoms with van der Waals surface area (Å²) >= 11 is 0. The summed E-state index contributed by atoms with van der Waals surface area (Å²) in [6.07, 6.45) is 5.44. The van der Waals surface area contributed by atoms with Gasteiger partial charge in [0, 0.05) is 94.3 Å². The number of hydrogen-bond acceptors (Lipinski definition) is 11. The Bertz CT molecular complexity index is 5100. The number of H-pyrrole nitrogens is 3. The van der Waals surface area contributed by atoms with Gasteiger partial charge in [-0.15, -0.1) is 0 Å². The SMILES string of the molecule is CC(C)(O)c1cccc(-c2cc3c(-c4ccc(OC5CCOCC5)c(C#N)c4)cccc3[nH]2)c1.Cc1ccc(-c2cccc3[nH]c(-c4ccc(N5CCOCC5)cc4)cc23)cc1C#N.N#Cc1cc(-c2cccc3[nH]c(-c4ccc(C5(C#N)CC5)cc4)cc23)ccc1OC1CCOCC1. The predicted molar refractivity (Wildman–Crippen MR) is 390 cm³/mol. The fourth-order valence-corrected chi connectivity index (χ4v) is 13.6. The lowest BCUT2D eigenvalue weighted by Gasteiger charge is -2.28. The molecule has 3 aromatic heterocycles. The first-order valence-corrected chi connectivity index (χ1v) is 34.1. The summed E-state index contributed by atoms with van der Waals surface area (Å²) in [6.45, 7) is 11.8. The molecule has 0 unspecified atom stereocenters. The summed E-state index contributed by atoms with van der Waals surface area (Å²) in [5, 5.41) is 52.2. The van der Waals surface area contributed by atoms with Crippen molar-refractivity contribution in [2.75, 3.05) is 57.6 Å². The first-order valence-electron chi connectivity index (χ1n) is 34.1. The Balaban J connectivity index is 0.000000127. The van der Waals surface area contributed by atoms with Crippen LogP contribution in [0.5, 0.6) is 11.5 Å². The summed E-state index contributed by atoms with van der Waals surface area (Å²) < 4.78 is 28.5. The number of aryl methyl sites for hydroxylation is 1. The van der Waals surface area contributed by atoms with E-state index < -0.39 is 5.60 Å². The van der Waals surface area contributed by atoms with E-state index in [4.69, 9.17) is 23.7 Å². The molecule has 1 aliphatic carbocycles. The van der Waals surface area contributed by atoms with Gasteiger partial charge in [0.15, 0.2) is 0 Å². The van der Waals surface area contributed by atoms with Crippen molar-refractivity contribution in [3.8, 4) is 103 Å². The zero-order chi connectivity index (χ0) is 68.0. The van der Waals surface area contributed by atoms with Crippen LogP contribution in [0.2, 0.25) is 0 Å². The van der Waals surface area contributed by atoms with Crippen LogP contribution in [0.3, 0.4) is 0 Å². The molecular weight excluding hydrogens is 1230 g/mol. The Morgan fingerprint density at radius 3 is 1.31 bits per heavy atom. The molecule has 16 rings (SSSR count). The van der Waals surface area contributed by atoms with Crippen molar-refractivity contribution in [1.29, 1.82) is 21.0 Å². The van der Waals surface area contributed by atoms with Crippen LogP contribution < -0.4 is 14.4 Å². The normalized spacial score (nSPS) is 15.3. The van der Waals surface area contributed by atoms with E-state index in [2.05, 4.69) is 159 Å². The molecule has 9 aromatic carbocycles. The van der Waals surface area contributed by atoms with Crippen molar-refractivity contribution < 1.29 is 28.8 Å². The summed E-state index contributed by atoms with van der Waals surface area (Å²) in [5.74, 6) is 1.26. The molecule has 0 atom stereocenters. The Labute approximate surface area is 576 Å². The van der Waals surface area contributed by atoms with Gasteiger partial charge >= 0.3 is 0 Å². The van der Waals surface area contributed by atoms with E-state index in [1.54, 1.807) is 13.8 Å². The molecule has 6 heterocycles. The van der Waals surface area contributed by atoms with Crippen LogP contribution in [0.4, 0.5) is 5.69 Å². The average molecular weight is 1310 g/mol. The zero-order valence-electron chi connectivity index (χ0n) is 55.8. The quantitative estimate of drug-likeness (QED) is 0.0852. The van der Waals surface area contributed by atoms with E-state index in [1.807, 2.05) is 91.9 Å². The fraction of sp³-hybridized carbons (Fsp3) is 0.247. The van der Waals surface area contributed by atoms with Crippen LogP contribution in [0.25, 0.3) is 99.9 Å². The minimum atomic E-state index is -0.907. The van der Waals surface area contributed by atoms with Gasteiger partial charge in [0.25, 0.3) is 0 Å². The summed E-state index contributed by atoms with van der Waals surface area (Å²) in [4.78, 5) is 13.0. The number of ether oxygens (including phenoxy) is 5. The van der Waals surface area contributed by atoms with Crippen LogP contribution in [0.15, 0.2) is 200 Å². The minimum Gasteiger partial charge on any atom is -0.489 e. The van der Waals surface area contributed by atoms with Crippen LogP contribution in [0.1, 0.15) is 85.8 Å². The molecule has 4 fully saturated rings. The Morgan fingerprint density at radius 2 is 0.869 bits per heavy atom. The summed E-state index contributed by atoms with van der Waals surface area (Å²) in [7, 11) is 0. The molecule has 4 N–H and O–H groups in total. The highest BCUT2D eigenvalue weighted by atomic mass is 16.5. The molecule has 3 aliphatic heterocycles. The van der Waals surface area contributed by atoms with Crippen molar-refractivity contribution in [2.24, 2.45) is 0 Å². The smallest absolute Gasteiger partial charge is 0.137 e. The van der Waals surface area contributed by atoms with Crippen LogP contribution in [-0.2, 0) is 25.2 Å². The monoisotopic (exact) mass is 1300 g/mol. The van der Waals surface area contributed by atoms with Crippen molar-refractivity contribution >= 4 is 38.4 Å². The maximum absolute atomic E-state index is 10.4. The minimum absolute atomic E-state index is 0.0852. The summed E-state index contributed by atoms with van der Waals surface area (Å²) in [6, 6.07) is 77.3. The van der Waals surface area contributed by atoms with E-state index in [0.717, 1.165) is 187 Å². The highest BCUT2D eigenvalue weighted by molar-refractivity contribution is 6.01. The predicted octanol–water partition coefficient (Wildman–Crippen LogP) is 18.2. The second-order valence-corrected chi connectivity index (χ2v) is 26.6. The number of benzene rings is 9. The van der Waals surface area contributed by atoms with Crippen LogP contribution >= 0.6 is 0 Å². The standard InChI is InChI=1S/C30H25N3O2.C29H28N2O3.C26H23N3O/c31-18-22-16-21(6-9-29(22)35-24-10-14-34-15-11-24)25-2-1-3-27-26(25)17-28(33-27)20-4-7-23(8-5-20)30(19-32)12-13-30;1-29(2,32)22-6-3-5-20(16-22)27-17-25-24(7-4-8-26(25)31-27)19-9-10-28(21(15-19)18-30)34-23-11-13-33-14-12-23;1-18-5-6-20(15-21(18)17-27)23-3-2-4-25-24(23)16-26(28-25)19-7-9-22(10-8-19)29-11-13-30-14-12-29/h1-9,16-17,24,33H,10-15H2;3-10,15-17,23,31-32H,11-14H2,1-2H3;2-10,15-16,28H,11-14H2,1H3. The number of hydrogen-bond donors (Lipinski definition) is 4. The van der Waals surface area contributed by atoms with Gasteiger partial charge < -0.3 is 48.6 Å². The molecule has 1 saturated carbocycles. The zero-order valence-corrected chi connectivity index (χ0v) is 55.8. The number of morpholine rings is 1. The highest BCUT2D eigenvalue weighted by Gasteiger charge is 2.44. The number of rotatable bonds is 13. The molecule has 3 saturated heterocycles. The first kappa shape index (κ1) is 65.1. The molecule has 0 amide bonds. The van der Waals surface area contributed by atoms with Crippen molar-refractivity contribution in [3.63, 3.8) is 0 Å². The van der Waals surface area contributed by atoms with Gasteiger partial charge in [0.1, 0.15) is 35.8 Å². The average Bonchev–Trinajstić information content (AvgIpc) is 1.64. The molecule has 0 radical (unpaired) electrons. The van der Waals surface area contributed by atoms with E-state index in [1.165, 1.54) is 5.69 Å². The topological polar surface area (TPSA) is 212 Å². The molecular formula is C85H76N8O6. The molecule has 4 aliphatic rings. The highest BCUT2D eigenvalue weighted by Crippen LogP contribution is 2.48. The molecule has 12 aromatic rings. The van der Waals surface area contributed by atoms with Crippen LogP contribution in [-0.4, -0.2) is 85.0 Å². The lowest BCUT2D eigenvalue weighted by atomic mass is 9.95. The fourth-order valence-electron chi connectivity index (χ4n) is 13.6. The molecule has 14 heteroatoms. The summed E-state index contributed by atoms with van der Waals surface area (Å²) in [5.41, 5.74) is 20.6. The van der Waals surface area contributed by atoms with Gasteiger partial charge in [-0.05, 0) is 185 Å². The number of aliphatic hydroxyl groups is 1. The van der Waals surface area contributed by atoms with Gasteiger partial charge in [-0.3, -0.25) is 0 Å². The van der Waals surface area contributed by atoms with E-state index >= 15 is 0 Å². The third kappa shape index (κ3) is 14.2. The largest absolute Gasteiger partial charge is 0.489 e. The van der Waals surface area contributed by atoms with Gasteiger partial charge in [0.05, 0.1) is 79.5 Å². The number of nitriles is 4. The van der Waals surface area contributed by atoms with E-state index in [0.29, 0.717) is 49.1 Å².